The molecule has 0 aliphatic heterocycles. The van der Waals surface area contributed by atoms with Gasteiger partial charge in [-0.25, -0.2) is 0 Å². The molecule has 9 heteroatoms. The van der Waals surface area contributed by atoms with E-state index >= 15 is 0 Å². The molecule has 0 amide bonds. The molecule has 0 unspecified atom stereocenters. The summed E-state index contributed by atoms with van der Waals surface area (Å²) in [7, 11) is 0. The Hall–Kier alpha value is -2.29. The molecule has 21 heavy (non-hydrogen) atoms. The highest BCUT2D eigenvalue weighted by molar-refractivity contribution is 7.15. The number of benzene rings is 1. The van der Waals surface area contributed by atoms with Gasteiger partial charge in [0.2, 0.25) is 0 Å². The first-order chi connectivity index (χ1) is 9.83. The first-order valence-electron chi connectivity index (χ1n) is 5.66. The van der Waals surface area contributed by atoms with E-state index in [2.05, 4.69) is 10.1 Å². The summed E-state index contributed by atoms with van der Waals surface area (Å²) < 4.78 is 40.1. The van der Waals surface area contributed by atoms with Crippen LogP contribution in [0.2, 0.25) is 0 Å². The first kappa shape index (κ1) is 15.1. The third-order valence-corrected chi connectivity index (χ3v) is 3.40. The van der Waals surface area contributed by atoms with Crippen LogP contribution in [0.3, 0.4) is 0 Å². The first-order valence-corrected chi connectivity index (χ1v) is 6.48. The molecule has 0 atom stereocenters. The highest BCUT2D eigenvalue weighted by Gasteiger charge is 2.31. The zero-order chi connectivity index (χ0) is 15.5. The lowest BCUT2D eigenvalue weighted by molar-refractivity contribution is -0.380. The molecular formula is C12H9F3N2O3S. The molecule has 0 fully saturated rings. The molecule has 0 bridgehead atoms. The predicted molar refractivity (Wildman–Crippen MR) is 71.4 cm³/mol. The van der Waals surface area contributed by atoms with Gasteiger partial charge in [0.15, 0.2) is 0 Å². The van der Waals surface area contributed by atoms with Gasteiger partial charge in [-0.1, -0.05) is 17.4 Å². The Morgan fingerprint density at radius 2 is 2.05 bits per heavy atom. The number of nitrogens with zero attached hydrogens (tertiary/aromatic N) is 1. The summed E-state index contributed by atoms with van der Waals surface area (Å²) in [5.74, 6) is -0.329. The Morgan fingerprint density at radius 3 is 2.67 bits per heavy atom. The molecule has 5 nitrogen and oxygen atoms in total. The van der Waals surface area contributed by atoms with Crippen LogP contribution in [-0.4, -0.2) is 11.3 Å². The number of alkyl halides is 3. The Kier molecular flexibility index (Phi) is 4.32. The maximum atomic E-state index is 12.1. The fraction of sp³-hybridized carbons (Fsp3) is 0.167. The van der Waals surface area contributed by atoms with Crippen molar-refractivity contribution in [3.05, 3.63) is 51.4 Å². The summed E-state index contributed by atoms with van der Waals surface area (Å²) in [4.78, 5) is 10.7. The van der Waals surface area contributed by atoms with E-state index in [9.17, 15) is 23.3 Å². The van der Waals surface area contributed by atoms with Crippen LogP contribution in [0.25, 0.3) is 0 Å². The topological polar surface area (TPSA) is 64.4 Å². The number of hydrogen-bond donors (Lipinski definition) is 1. The number of ether oxygens (including phenoxy) is 1. The van der Waals surface area contributed by atoms with Gasteiger partial charge in [-0.05, 0) is 18.2 Å². The van der Waals surface area contributed by atoms with E-state index in [4.69, 9.17) is 0 Å². The SMILES string of the molecule is O=[N+]([O-])c1ccc(CNc2cccc(OC(F)(F)F)c2)s1. The van der Waals surface area contributed by atoms with E-state index in [1.807, 2.05) is 0 Å². The van der Waals surface area contributed by atoms with Gasteiger partial charge >= 0.3 is 11.4 Å². The maximum Gasteiger partial charge on any atom is 0.573 e. The van der Waals surface area contributed by atoms with E-state index in [0.717, 1.165) is 11.3 Å². The molecule has 1 heterocycles. The van der Waals surface area contributed by atoms with Crippen molar-refractivity contribution in [2.45, 2.75) is 12.9 Å². The lowest BCUT2D eigenvalue weighted by Gasteiger charge is -2.10. The number of rotatable bonds is 5. The molecule has 0 aliphatic carbocycles. The predicted octanol–water partition coefficient (Wildman–Crippen LogP) is 4.17. The molecular weight excluding hydrogens is 309 g/mol. The highest BCUT2D eigenvalue weighted by atomic mass is 32.1. The van der Waals surface area contributed by atoms with Gasteiger partial charge in [-0.2, -0.15) is 0 Å². The van der Waals surface area contributed by atoms with Crippen molar-refractivity contribution in [3.63, 3.8) is 0 Å². The Balaban J connectivity index is 1.99. The molecule has 2 aromatic rings. The van der Waals surface area contributed by atoms with Crippen molar-refractivity contribution < 1.29 is 22.8 Å². The van der Waals surface area contributed by atoms with Crippen molar-refractivity contribution in [1.29, 1.82) is 0 Å². The fourth-order valence-electron chi connectivity index (χ4n) is 1.55. The molecule has 1 aromatic heterocycles. The highest BCUT2D eigenvalue weighted by Crippen LogP contribution is 2.27. The van der Waals surface area contributed by atoms with E-state index < -0.39 is 11.3 Å². The summed E-state index contributed by atoms with van der Waals surface area (Å²) in [5, 5.41) is 13.4. The van der Waals surface area contributed by atoms with Gasteiger partial charge in [0.25, 0.3) is 0 Å². The van der Waals surface area contributed by atoms with Gasteiger partial charge in [-0.15, -0.1) is 13.2 Å². The smallest absolute Gasteiger partial charge is 0.406 e. The van der Waals surface area contributed by atoms with E-state index in [1.165, 1.54) is 24.3 Å². The van der Waals surface area contributed by atoms with Crippen molar-refractivity contribution in [2.75, 3.05) is 5.32 Å². The van der Waals surface area contributed by atoms with Gasteiger partial charge < -0.3 is 10.1 Å². The molecule has 1 aromatic carbocycles. The van der Waals surface area contributed by atoms with Crippen LogP contribution in [0, 0.1) is 10.1 Å². The van der Waals surface area contributed by atoms with Crippen LogP contribution in [-0.2, 0) is 6.54 Å². The van der Waals surface area contributed by atoms with Crippen molar-refractivity contribution in [2.24, 2.45) is 0 Å². The summed E-state index contributed by atoms with van der Waals surface area (Å²) in [6, 6.07) is 8.35. The molecule has 0 radical (unpaired) electrons. The summed E-state index contributed by atoms with van der Waals surface area (Å²) in [6.45, 7) is 0.272. The average molecular weight is 318 g/mol. The zero-order valence-corrected chi connectivity index (χ0v) is 11.2. The molecule has 1 N–H and O–H groups in total. The van der Waals surface area contributed by atoms with E-state index in [-0.39, 0.29) is 17.3 Å². The van der Waals surface area contributed by atoms with Crippen molar-refractivity contribution >= 4 is 22.0 Å². The minimum Gasteiger partial charge on any atom is -0.406 e. The third-order valence-electron chi connectivity index (χ3n) is 2.36. The van der Waals surface area contributed by atoms with E-state index in [0.29, 0.717) is 10.6 Å². The standard InChI is InChI=1S/C12H9F3N2O3S/c13-12(14,15)20-9-3-1-2-8(6-9)16-7-10-4-5-11(21-10)17(18)19/h1-6,16H,7H2. The molecule has 0 saturated carbocycles. The minimum absolute atomic E-state index is 0.0148. The quantitative estimate of drug-likeness (QED) is 0.664. The largest absolute Gasteiger partial charge is 0.573 e. The molecule has 2 rings (SSSR count). The minimum atomic E-state index is -4.74. The van der Waals surface area contributed by atoms with Crippen molar-refractivity contribution in [3.8, 4) is 5.75 Å². The second kappa shape index (κ2) is 6.00. The number of nitrogens with one attached hydrogen (secondary N) is 1. The van der Waals surface area contributed by atoms with Crippen molar-refractivity contribution in [1.82, 2.24) is 0 Å². The Labute approximate surface area is 121 Å². The maximum absolute atomic E-state index is 12.1. The van der Waals surface area contributed by atoms with Crippen LogP contribution >= 0.6 is 11.3 Å². The van der Waals surface area contributed by atoms with Gasteiger partial charge in [0.1, 0.15) is 5.75 Å². The van der Waals surface area contributed by atoms with Gasteiger partial charge in [0, 0.05) is 29.2 Å². The summed E-state index contributed by atoms with van der Waals surface area (Å²) in [5.41, 5.74) is 0.424. The number of halogens is 3. The van der Waals surface area contributed by atoms with Crippen LogP contribution in [0.5, 0.6) is 5.75 Å². The Morgan fingerprint density at radius 1 is 1.29 bits per heavy atom. The summed E-state index contributed by atoms with van der Waals surface area (Å²) >= 11 is 1.00. The monoisotopic (exact) mass is 318 g/mol. The molecule has 0 spiro atoms. The average Bonchev–Trinajstić information content (AvgIpc) is 2.83. The number of nitro groups is 1. The summed E-state index contributed by atoms with van der Waals surface area (Å²) in [6.07, 6.45) is -4.74. The van der Waals surface area contributed by atoms with E-state index in [1.54, 1.807) is 12.1 Å². The molecule has 0 aliphatic rings. The lowest BCUT2D eigenvalue weighted by atomic mass is 10.3. The van der Waals surface area contributed by atoms with Crippen LogP contribution in [0.4, 0.5) is 23.9 Å². The lowest BCUT2D eigenvalue weighted by Crippen LogP contribution is -2.17. The second-order valence-corrected chi connectivity index (χ2v) is 5.07. The van der Waals surface area contributed by atoms with Crippen LogP contribution in [0.1, 0.15) is 4.88 Å². The van der Waals surface area contributed by atoms with Crippen LogP contribution < -0.4 is 10.1 Å². The molecule has 112 valence electrons. The third kappa shape index (κ3) is 4.63. The number of thiophene rings is 1. The van der Waals surface area contributed by atoms with Gasteiger partial charge in [0.05, 0.1) is 4.92 Å². The second-order valence-electron chi connectivity index (χ2n) is 3.93. The Bertz CT molecular complexity index is 643. The normalized spacial score (nSPS) is 11.2. The molecule has 0 saturated heterocycles. The van der Waals surface area contributed by atoms with Crippen LogP contribution in [0.15, 0.2) is 36.4 Å². The zero-order valence-electron chi connectivity index (χ0n) is 10.4. The number of hydrogen-bond acceptors (Lipinski definition) is 5. The fourth-order valence-corrected chi connectivity index (χ4v) is 2.31. The van der Waals surface area contributed by atoms with Gasteiger partial charge in [-0.3, -0.25) is 10.1 Å². The number of anilines is 1.